The minimum Gasteiger partial charge on any atom is -0.397 e. The molecule has 1 aromatic carbocycles. The third kappa shape index (κ3) is 1.28. The summed E-state index contributed by atoms with van der Waals surface area (Å²) >= 11 is 5.71. The fourth-order valence-corrected chi connectivity index (χ4v) is 1.02. The van der Waals surface area contributed by atoms with E-state index in [-0.39, 0.29) is 0 Å². The number of hydrogen-bond acceptors (Lipinski definition) is 2. The highest BCUT2D eigenvalue weighted by atomic mass is 35.5. The molecule has 0 aliphatic carbocycles. The van der Waals surface area contributed by atoms with Gasteiger partial charge < -0.3 is 5.73 Å². The number of nitrogen functional groups attached to an aromatic ring is 1. The first-order valence-electron chi connectivity index (χ1n) is 3.11. The predicted molar refractivity (Wildman–Crippen MR) is 45.3 cm³/mol. The van der Waals surface area contributed by atoms with Crippen molar-refractivity contribution in [3.05, 3.63) is 28.3 Å². The Balaban J connectivity index is 3.40. The smallest absolute Gasteiger partial charge is 0.0995 e. The quantitative estimate of drug-likeness (QED) is 0.600. The van der Waals surface area contributed by atoms with Gasteiger partial charge in [-0.2, -0.15) is 5.26 Å². The number of benzene rings is 1. The van der Waals surface area contributed by atoms with E-state index in [1.54, 1.807) is 19.1 Å². The van der Waals surface area contributed by atoms with Gasteiger partial charge in [0.25, 0.3) is 0 Å². The van der Waals surface area contributed by atoms with E-state index in [0.717, 1.165) is 5.56 Å². The van der Waals surface area contributed by atoms with E-state index in [2.05, 4.69) is 0 Å². The Kier molecular flexibility index (Phi) is 2.02. The van der Waals surface area contributed by atoms with Crippen molar-refractivity contribution in [1.82, 2.24) is 0 Å². The van der Waals surface area contributed by atoms with E-state index in [1.165, 1.54) is 0 Å². The first-order valence-corrected chi connectivity index (χ1v) is 3.49. The summed E-state index contributed by atoms with van der Waals surface area (Å²) in [4.78, 5) is 0. The van der Waals surface area contributed by atoms with Crippen molar-refractivity contribution in [2.75, 3.05) is 5.73 Å². The van der Waals surface area contributed by atoms with Crippen molar-refractivity contribution in [2.45, 2.75) is 6.92 Å². The molecule has 0 saturated carbocycles. The van der Waals surface area contributed by atoms with E-state index >= 15 is 0 Å². The van der Waals surface area contributed by atoms with E-state index in [0.29, 0.717) is 16.3 Å². The summed E-state index contributed by atoms with van der Waals surface area (Å²) in [6.07, 6.45) is 0. The first-order chi connectivity index (χ1) is 5.16. The molecule has 0 bridgehead atoms. The van der Waals surface area contributed by atoms with Crippen LogP contribution in [0.25, 0.3) is 0 Å². The Morgan fingerprint density at radius 2 is 2.18 bits per heavy atom. The Morgan fingerprint density at radius 3 is 2.73 bits per heavy atom. The highest BCUT2D eigenvalue weighted by Crippen LogP contribution is 2.24. The number of hydrogen-bond donors (Lipinski definition) is 1. The largest absolute Gasteiger partial charge is 0.397 e. The van der Waals surface area contributed by atoms with Crippen molar-refractivity contribution in [1.29, 1.82) is 5.26 Å². The first kappa shape index (κ1) is 7.90. The van der Waals surface area contributed by atoms with Crippen LogP contribution in [0, 0.1) is 18.3 Å². The molecule has 11 heavy (non-hydrogen) atoms. The fraction of sp³-hybridized carbons (Fsp3) is 0.125. The molecule has 2 N–H and O–H groups in total. The molecule has 0 aliphatic heterocycles. The minimum atomic E-state index is 0.491. The summed E-state index contributed by atoms with van der Waals surface area (Å²) in [7, 11) is 0. The average molecular weight is 167 g/mol. The number of rotatable bonds is 0. The highest BCUT2D eigenvalue weighted by Gasteiger charge is 2.03. The summed E-state index contributed by atoms with van der Waals surface area (Å²) in [6.45, 7) is 1.78. The maximum atomic E-state index is 8.59. The molecule has 0 spiro atoms. The SMILES string of the molecule is Cc1c(C#N)ccc(Cl)c1N. The molecule has 0 aliphatic rings. The van der Waals surface area contributed by atoms with Gasteiger partial charge in [-0.1, -0.05) is 11.6 Å². The van der Waals surface area contributed by atoms with Crippen molar-refractivity contribution in [3.8, 4) is 6.07 Å². The Labute approximate surface area is 70.2 Å². The van der Waals surface area contributed by atoms with E-state index in [4.69, 9.17) is 22.6 Å². The van der Waals surface area contributed by atoms with Crippen LogP contribution in [0.2, 0.25) is 5.02 Å². The zero-order valence-corrected chi connectivity index (χ0v) is 6.81. The monoisotopic (exact) mass is 166 g/mol. The van der Waals surface area contributed by atoms with E-state index < -0.39 is 0 Å². The lowest BCUT2D eigenvalue weighted by atomic mass is 10.1. The van der Waals surface area contributed by atoms with Crippen LogP contribution in [0.5, 0.6) is 0 Å². The number of halogens is 1. The van der Waals surface area contributed by atoms with Gasteiger partial charge in [0.2, 0.25) is 0 Å². The Morgan fingerprint density at radius 1 is 1.55 bits per heavy atom. The molecule has 0 amide bonds. The highest BCUT2D eigenvalue weighted by molar-refractivity contribution is 6.33. The topological polar surface area (TPSA) is 49.8 Å². The van der Waals surface area contributed by atoms with Crippen LogP contribution in [-0.2, 0) is 0 Å². The molecule has 0 fully saturated rings. The maximum Gasteiger partial charge on any atom is 0.0995 e. The molecule has 1 rings (SSSR count). The normalized spacial score (nSPS) is 9.18. The Bertz CT molecular complexity index is 326. The average Bonchev–Trinajstić information content (AvgIpc) is 2.01. The summed E-state index contributed by atoms with van der Waals surface area (Å²) in [5, 5.41) is 9.09. The molecule has 0 radical (unpaired) electrons. The minimum absolute atomic E-state index is 0.491. The van der Waals surface area contributed by atoms with Crippen LogP contribution in [0.3, 0.4) is 0 Å². The zero-order chi connectivity index (χ0) is 8.43. The van der Waals surface area contributed by atoms with Gasteiger partial charge >= 0.3 is 0 Å². The van der Waals surface area contributed by atoms with Crippen molar-refractivity contribution in [3.63, 3.8) is 0 Å². The molecule has 1 aromatic rings. The standard InChI is InChI=1S/C8H7ClN2/c1-5-6(4-10)2-3-7(9)8(5)11/h2-3H,11H2,1H3. The van der Waals surface area contributed by atoms with Gasteiger partial charge in [0, 0.05) is 0 Å². The molecular formula is C8H7ClN2. The number of anilines is 1. The second-order valence-corrected chi connectivity index (χ2v) is 2.65. The lowest BCUT2D eigenvalue weighted by Crippen LogP contribution is -1.93. The molecule has 2 nitrogen and oxygen atoms in total. The second-order valence-electron chi connectivity index (χ2n) is 2.25. The lowest BCUT2D eigenvalue weighted by Gasteiger charge is -2.02. The van der Waals surface area contributed by atoms with Crippen LogP contribution in [0.15, 0.2) is 12.1 Å². The van der Waals surface area contributed by atoms with Crippen LogP contribution in [0.1, 0.15) is 11.1 Å². The molecule has 0 unspecified atom stereocenters. The lowest BCUT2D eigenvalue weighted by molar-refractivity contribution is 1.40. The molecule has 3 heteroatoms. The maximum absolute atomic E-state index is 8.59. The van der Waals surface area contributed by atoms with Gasteiger partial charge in [-0.3, -0.25) is 0 Å². The summed E-state index contributed by atoms with van der Waals surface area (Å²) in [6, 6.07) is 5.31. The van der Waals surface area contributed by atoms with Crippen molar-refractivity contribution >= 4 is 17.3 Å². The molecule has 0 saturated heterocycles. The predicted octanol–water partition coefficient (Wildman–Crippen LogP) is 2.10. The number of nitriles is 1. The van der Waals surface area contributed by atoms with Gasteiger partial charge in [-0.15, -0.1) is 0 Å². The third-order valence-corrected chi connectivity index (χ3v) is 1.91. The van der Waals surface area contributed by atoms with Crippen molar-refractivity contribution < 1.29 is 0 Å². The van der Waals surface area contributed by atoms with E-state index in [1.807, 2.05) is 6.07 Å². The molecule has 0 heterocycles. The third-order valence-electron chi connectivity index (χ3n) is 1.58. The van der Waals surface area contributed by atoms with Gasteiger partial charge in [0.05, 0.1) is 22.3 Å². The second kappa shape index (κ2) is 2.81. The number of nitrogens with zero attached hydrogens (tertiary/aromatic N) is 1. The summed E-state index contributed by atoms with van der Waals surface area (Å²) < 4.78 is 0. The summed E-state index contributed by atoms with van der Waals surface area (Å²) in [5.41, 5.74) is 7.39. The van der Waals surface area contributed by atoms with Crippen molar-refractivity contribution in [2.24, 2.45) is 0 Å². The van der Waals surface area contributed by atoms with Gasteiger partial charge in [0.15, 0.2) is 0 Å². The van der Waals surface area contributed by atoms with Crippen LogP contribution < -0.4 is 5.73 Å². The van der Waals surface area contributed by atoms with Crippen LogP contribution in [0.4, 0.5) is 5.69 Å². The zero-order valence-electron chi connectivity index (χ0n) is 6.06. The van der Waals surface area contributed by atoms with Gasteiger partial charge in [-0.05, 0) is 24.6 Å². The molecule has 0 aromatic heterocycles. The fourth-order valence-electron chi connectivity index (χ4n) is 0.817. The van der Waals surface area contributed by atoms with Crippen LogP contribution in [-0.4, -0.2) is 0 Å². The van der Waals surface area contributed by atoms with Crippen LogP contribution >= 0.6 is 11.6 Å². The van der Waals surface area contributed by atoms with Gasteiger partial charge in [-0.25, -0.2) is 0 Å². The molecule has 0 atom stereocenters. The van der Waals surface area contributed by atoms with E-state index in [9.17, 15) is 0 Å². The Hall–Kier alpha value is -1.20. The summed E-state index contributed by atoms with van der Waals surface area (Å²) in [5.74, 6) is 0. The van der Waals surface area contributed by atoms with Gasteiger partial charge in [0.1, 0.15) is 0 Å². The molecular weight excluding hydrogens is 160 g/mol. The number of nitrogens with two attached hydrogens (primary N) is 1. The molecule has 56 valence electrons.